The molecular weight excluding hydrogens is 240 g/mol. The van der Waals surface area contributed by atoms with Crippen molar-refractivity contribution in [2.24, 2.45) is 7.05 Å². The van der Waals surface area contributed by atoms with Crippen molar-refractivity contribution in [3.63, 3.8) is 0 Å². The van der Waals surface area contributed by atoms with Crippen molar-refractivity contribution in [1.82, 2.24) is 9.13 Å². The molecule has 98 valence electrons. The third kappa shape index (κ3) is 3.36. The highest BCUT2D eigenvalue weighted by atomic mass is 16.2. The van der Waals surface area contributed by atoms with Crippen LogP contribution in [0.15, 0.2) is 41.5 Å². The number of aromatic nitrogens is 2. The summed E-state index contributed by atoms with van der Waals surface area (Å²) in [6.45, 7) is 0.645. The van der Waals surface area contributed by atoms with Crippen LogP contribution in [0.5, 0.6) is 0 Å². The van der Waals surface area contributed by atoms with E-state index < -0.39 is 0 Å². The number of benzene rings is 1. The quantitative estimate of drug-likeness (QED) is 0.832. The second kappa shape index (κ2) is 6.07. The Labute approximate surface area is 111 Å². The van der Waals surface area contributed by atoms with Gasteiger partial charge in [0.05, 0.1) is 13.2 Å². The fraction of sp³-hybridized carbons (Fsp3) is 0.267. The SMILES string of the molecule is Cn1ccn(Cc2ccc(C#CCCO)cc2)c1=O. The minimum Gasteiger partial charge on any atom is -0.395 e. The first kappa shape index (κ1) is 13.2. The second-order valence-electron chi connectivity index (χ2n) is 4.29. The van der Waals surface area contributed by atoms with Gasteiger partial charge in [0.25, 0.3) is 0 Å². The van der Waals surface area contributed by atoms with Crippen LogP contribution < -0.4 is 5.69 Å². The molecule has 0 amide bonds. The van der Waals surface area contributed by atoms with E-state index in [1.54, 1.807) is 28.6 Å². The molecule has 0 unspecified atom stereocenters. The van der Waals surface area contributed by atoms with Gasteiger partial charge in [-0.25, -0.2) is 4.79 Å². The summed E-state index contributed by atoms with van der Waals surface area (Å²) in [5.41, 5.74) is 1.95. The van der Waals surface area contributed by atoms with Crippen LogP contribution in [0.4, 0.5) is 0 Å². The number of aryl methyl sites for hydroxylation is 1. The zero-order valence-corrected chi connectivity index (χ0v) is 10.8. The van der Waals surface area contributed by atoms with E-state index in [-0.39, 0.29) is 12.3 Å². The van der Waals surface area contributed by atoms with E-state index in [2.05, 4.69) is 11.8 Å². The molecule has 0 fully saturated rings. The molecule has 1 aromatic heterocycles. The summed E-state index contributed by atoms with van der Waals surface area (Å²) in [6.07, 6.45) is 4.01. The van der Waals surface area contributed by atoms with Gasteiger partial charge in [-0.1, -0.05) is 24.0 Å². The van der Waals surface area contributed by atoms with E-state index >= 15 is 0 Å². The molecule has 0 atom stereocenters. The van der Waals surface area contributed by atoms with Crippen LogP contribution in [0.2, 0.25) is 0 Å². The number of hydrogen-bond donors (Lipinski definition) is 1. The van der Waals surface area contributed by atoms with Crippen LogP contribution in [-0.2, 0) is 13.6 Å². The number of hydrogen-bond acceptors (Lipinski definition) is 2. The molecule has 1 aromatic carbocycles. The summed E-state index contributed by atoms with van der Waals surface area (Å²) >= 11 is 0. The lowest BCUT2D eigenvalue weighted by atomic mass is 10.1. The summed E-state index contributed by atoms with van der Waals surface area (Å²) in [5.74, 6) is 5.84. The summed E-state index contributed by atoms with van der Waals surface area (Å²) < 4.78 is 3.21. The Morgan fingerprint density at radius 2 is 1.95 bits per heavy atom. The van der Waals surface area contributed by atoms with Gasteiger partial charge in [0.15, 0.2) is 0 Å². The molecule has 2 aromatic rings. The molecule has 0 saturated carbocycles. The summed E-state index contributed by atoms with van der Waals surface area (Å²) in [5, 5.41) is 8.64. The maximum Gasteiger partial charge on any atom is 0.328 e. The average molecular weight is 256 g/mol. The van der Waals surface area contributed by atoms with E-state index in [9.17, 15) is 4.79 Å². The molecular formula is C15H16N2O2. The minimum absolute atomic E-state index is 0.0215. The molecule has 1 heterocycles. The largest absolute Gasteiger partial charge is 0.395 e. The first-order valence-electron chi connectivity index (χ1n) is 6.11. The predicted molar refractivity (Wildman–Crippen MR) is 73.8 cm³/mol. The molecule has 0 spiro atoms. The first-order chi connectivity index (χ1) is 9.20. The Balaban J connectivity index is 2.09. The van der Waals surface area contributed by atoms with Gasteiger partial charge < -0.3 is 9.67 Å². The zero-order chi connectivity index (χ0) is 13.7. The lowest BCUT2D eigenvalue weighted by Gasteiger charge is -2.02. The average Bonchev–Trinajstić information content (AvgIpc) is 2.73. The molecule has 19 heavy (non-hydrogen) atoms. The molecule has 1 N–H and O–H groups in total. The molecule has 0 radical (unpaired) electrons. The van der Waals surface area contributed by atoms with Gasteiger partial charge in [-0.05, 0) is 17.7 Å². The predicted octanol–water partition coefficient (Wildman–Crippen LogP) is 0.969. The number of aliphatic hydroxyl groups is 1. The molecule has 4 heteroatoms. The highest BCUT2D eigenvalue weighted by Crippen LogP contribution is 2.04. The van der Waals surface area contributed by atoms with Crippen LogP contribution in [-0.4, -0.2) is 20.8 Å². The molecule has 0 aliphatic rings. The van der Waals surface area contributed by atoms with Crippen LogP contribution in [0.1, 0.15) is 17.5 Å². The normalized spacial score (nSPS) is 10.0. The molecule has 0 aliphatic carbocycles. The Morgan fingerprint density at radius 1 is 1.21 bits per heavy atom. The van der Waals surface area contributed by atoms with Crippen molar-refractivity contribution in [3.05, 3.63) is 58.3 Å². The number of rotatable bonds is 3. The van der Waals surface area contributed by atoms with E-state index in [0.29, 0.717) is 13.0 Å². The minimum atomic E-state index is -0.0215. The third-order valence-electron chi connectivity index (χ3n) is 2.79. The van der Waals surface area contributed by atoms with Gasteiger partial charge >= 0.3 is 5.69 Å². The molecule has 0 saturated heterocycles. The van der Waals surface area contributed by atoms with Crippen molar-refractivity contribution < 1.29 is 5.11 Å². The van der Waals surface area contributed by atoms with Crippen LogP contribution in [0.3, 0.4) is 0 Å². The number of aliphatic hydroxyl groups excluding tert-OH is 1. The number of imidazole rings is 1. The molecule has 0 aliphatic heterocycles. The maximum atomic E-state index is 11.7. The zero-order valence-electron chi connectivity index (χ0n) is 10.8. The van der Waals surface area contributed by atoms with Crippen molar-refractivity contribution in [2.45, 2.75) is 13.0 Å². The van der Waals surface area contributed by atoms with Crippen molar-refractivity contribution >= 4 is 0 Å². The highest BCUT2D eigenvalue weighted by Gasteiger charge is 2.00. The Bertz CT molecular complexity index is 654. The number of nitrogens with zero attached hydrogens (tertiary/aromatic N) is 2. The monoisotopic (exact) mass is 256 g/mol. The first-order valence-corrected chi connectivity index (χ1v) is 6.11. The highest BCUT2D eigenvalue weighted by molar-refractivity contribution is 5.36. The Kier molecular flexibility index (Phi) is 4.22. The third-order valence-corrected chi connectivity index (χ3v) is 2.79. The molecule has 0 bridgehead atoms. The smallest absolute Gasteiger partial charge is 0.328 e. The van der Waals surface area contributed by atoms with Gasteiger partial charge in [0.2, 0.25) is 0 Å². The summed E-state index contributed by atoms with van der Waals surface area (Å²) in [6, 6.07) is 7.77. The van der Waals surface area contributed by atoms with Crippen LogP contribution in [0.25, 0.3) is 0 Å². The maximum absolute atomic E-state index is 11.7. The topological polar surface area (TPSA) is 47.2 Å². The molecule has 4 nitrogen and oxygen atoms in total. The Hall–Kier alpha value is -2.25. The van der Waals surface area contributed by atoms with Crippen molar-refractivity contribution in [2.75, 3.05) is 6.61 Å². The fourth-order valence-corrected chi connectivity index (χ4v) is 1.74. The van der Waals surface area contributed by atoms with Crippen molar-refractivity contribution in [3.8, 4) is 11.8 Å². The summed E-state index contributed by atoms with van der Waals surface area (Å²) in [4.78, 5) is 11.7. The van der Waals surface area contributed by atoms with Crippen LogP contribution in [0, 0.1) is 11.8 Å². The molecule has 2 rings (SSSR count). The lowest BCUT2D eigenvalue weighted by Crippen LogP contribution is -2.22. The Morgan fingerprint density at radius 3 is 2.53 bits per heavy atom. The fourth-order valence-electron chi connectivity index (χ4n) is 1.74. The van der Waals surface area contributed by atoms with Gasteiger partial charge in [-0.15, -0.1) is 0 Å². The van der Waals surface area contributed by atoms with Gasteiger partial charge in [-0.2, -0.15) is 0 Å². The van der Waals surface area contributed by atoms with Gasteiger partial charge in [0, 0.05) is 31.4 Å². The standard InChI is InChI=1S/C15H16N2O2/c1-16-9-10-17(15(16)19)12-14-7-5-13(6-8-14)4-2-3-11-18/h5-10,18H,3,11-12H2,1H3. The summed E-state index contributed by atoms with van der Waals surface area (Å²) in [7, 11) is 1.73. The van der Waals surface area contributed by atoms with Crippen LogP contribution >= 0.6 is 0 Å². The van der Waals surface area contributed by atoms with E-state index in [1.807, 2.05) is 24.3 Å². The van der Waals surface area contributed by atoms with Crippen molar-refractivity contribution in [1.29, 1.82) is 0 Å². The lowest BCUT2D eigenvalue weighted by molar-refractivity contribution is 0.305. The van der Waals surface area contributed by atoms with E-state index in [0.717, 1.165) is 11.1 Å². The van der Waals surface area contributed by atoms with E-state index in [4.69, 9.17) is 5.11 Å². The van der Waals surface area contributed by atoms with E-state index in [1.165, 1.54) is 0 Å². The van der Waals surface area contributed by atoms with Gasteiger partial charge in [0.1, 0.15) is 0 Å². The van der Waals surface area contributed by atoms with Gasteiger partial charge in [-0.3, -0.25) is 4.57 Å². The second-order valence-corrected chi connectivity index (χ2v) is 4.29.